The Labute approximate surface area is 188 Å². The Bertz CT molecular complexity index is 1260. The van der Waals surface area contributed by atoms with Gasteiger partial charge in [0.1, 0.15) is 18.1 Å². The minimum absolute atomic E-state index is 0.200. The van der Waals surface area contributed by atoms with E-state index in [4.69, 9.17) is 4.74 Å². The SMILES string of the molecule is CCOc1ccc2ccccc2c1/C=C1/SC(=O)N(CC(=O)Nc2cccc(F)c2)C1=O. The molecule has 3 aromatic carbocycles. The number of carbonyl (C=O) groups is 3. The number of benzene rings is 3. The Morgan fingerprint density at radius 3 is 2.72 bits per heavy atom. The van der Waals surface area contributed by atoms with Crippen LogP contribution in [-0.4, -0.2) is 35.1 Å². The van der Waals surface area contributed by atoms with E-state index < -0.39 is 29.4 Å². The van der Waals surface area contributed by atoms with Crippen molar-refractivity contribution in [2.24, 2.45) is 0 Å². The highest BCUT2D eigenvalue weighted by Gasteiger charge is 2.36. The highest BCUT2D eigenvalue weighted by atomic mass is 32.2. The number of nitrogens with one attached hydrogen (secondary N) is 1. The Balaban J connectivity index is 1.59. The van der Waals surface area contributed by atoms with Crippen molar-refractivity contribution in [1.29, 1.82) is 0 Å². The molecule has 32 heavy (non-hydrogen) atoms. The third-order valence-corrected chi connectivity index (χ3v) is 5.70. The van der Waals surface area contributed by atoms with Crippen molar-refractivity contribution in [3.8, 4) is 5.75 Å². The average molecular weight is 450 g/mol. The van der Waals surface area contributed by atoms with Crippen LogP contribution in [0.25, 0.3) is 16.8 Å². The molecule has 4 rings (SSSR count). The van der Waals surface area contributed by atoms with Crippen LogP contribution < -0.4 is 10.1 Å². The number of ether oxygens (including phenoxy) is 1. The molecule has 1 heterocycles. The number of anilines is 1. The van der Waals surface area contributed by atoms with E-state index in [2.05, 4.69) is 5.32 Å². The molecule has 0 radical (unpaired) electrons. The highest BCUT2D eigenvalue weighted by Crippen LogP contribution is 2.36. The van der Waals surface area contributed by atoms with E-state index in [1.165, 1.54) is 18.2 Å². The van der Waals surface area contributed by atoms with Crippen LogP contribution in [0.1, 0.15) is 12.5 Å². The summed E-state index contributed by atoms with van der Waals surface area (Å²) in [6.45, 7) is 1.84. The molecule has 0 unspecified atom stereocenters. The molecule has 1 fully saturated rings. The summed E-state index contributed by atoms with van der Waals surface area (Å²) in [5, 5.41) is 3.80. The van der Waals surface area contributed by atoms with Gasteiger partial charge in [-0.15, -0.1) is 0 Å². The van der Waals surface area contributed by atoms with Crippen LogP contribution in [-0.2, 0) is 9.59 Å². The number of fused-ring (bicyclic) bond motifs is 1. The summed E-state index contributed by atoms with van der Waals surface area (Å²) in [5.74, 6) is -1.07. The van der Waals surface area contributed by atoms with Crippen molar-refractivity contribution >= 4 is 51.4 Å². The van der Waals surface area contributed by atoms with E-state index in [1.54, 1.807) is 6.08 Å². The van der Waals surface area contributed by atoms with Crippen LogP contribution in [0.4, 0.5) is 14.9 Å². The van der Waals surface area contributed by atoms with Gasteiger partial charge in [0.2, 0.25) is 5.91 Å². The van der Waals surface area contributed by atoms with Crippen LogP contribution in [0.5, 0.6) is 5.75 Å². The van der Waals surface area contributed by atoms with Crippen LogP contribution >= 0.6 is 11.8 Å². The van der Waals surface area contributed by atoms with E-state index in [0.717, 1.165) is 33.5 Å². The zero-order chi connectivity index (χ0) is 22.7. The first kappa shape index (κ1) is 21.6. The lowest BCUT2D eigenvalue weighted by Gasteiger charge is -2.13. The van der Waals surface area contributed by atoms with Gasteiger partial charge in [-0.25, -0.2) is 4.39 Å². The Morgan fingerprint density at radius 1 is 1.12 bits per heavy atom. The van der Waals surface area contributed by atoms with Crippen molar-refractivity contribution in [3.63, 3.8) is 0 Å². The van der Waals surface area contributed by atoms with Gasteiger partial charge in [-0.3, -0.25) is 19.3 Å². The topological polar surface area (TPSA) is 75.7 Å². The fourth-order valence-electron chi connectivity index (χ4n) is 3.38. The molecule has 3 amide bonds. The molecule has 6 nitrogen and oxygen atoms in total. The van der Waals surface area contributed by atoms with Gasteiger partial charge >= 0.3 is 0 Å². The van der Waals surface area contributed by atoms with Gasteiger partial charge in [0.25, 0.3) is 11.1 Å². The van der Waals surface area contributed by atoms with Crippen LogP contribution in [0.15, 0.2) is 65.6 Å². The lowest BCUT2D eigenvalue weighted by molar-refractivity contribution is -0.127. The predicted molar refractivity (Wildman–Crippen MR) is 123 cm³/mol. The van der Waals surface area contributed by atoms with Crippen molar-refractivity contribution in [2.75, 3.05) is 18.5 Å². The third kappa shape index (κ3) is 4.50. The Morgan fingerprint density at radius 2 is 1.94 bits per heavy atom. The minimum atomic E-state index is -0.598. The van der Waals surface area contributed by atoms with Gasteiger partial charge in [0.05, 0.1) is 11.5 Å². The summed E-state index contributed by atoms with van der Waals surface area (Å²) in [5.41, 5.74) is 0.939. The molecule has 162 valence electrons. The first-order valence-electron chi connectivity index (χ1n) is 9.91. The fraction of sp³-hybridized carbons (Fsp3) is 0.125. The first-order chi connectivity index (χ1) is 15.5. The quantitative estimate of drug-likeness (QED) is 0.532. The average Bonchev–Trinajstić information content (AvgIpc) is 3.03. The molecule has 0 bridgehead atoms. The second-order valence-corrected chi connectivity index (χ2v) is 7.95. The van der Waals surface area contributed by atoms with Crippen LogP contribution in [0.3, 0.4) is 0 Å². The summed E-state index contributed by atoms with van der Waals surface area (Å²) < 4.78 is 19.0. The number of amides is 3. The molecule has 1 aliphatic rings. The maximum atomic E-state index is 13.3. The van der Waals surface area contributed by atoms with Crippen LogP contribution in [0.2, 0.25) is 0 Å². The molecule has 0 aliphatic carbocycles. The number of imide groups is 1. The number of thioether (sulfide) groups is 1. The smallest absolute Gasteiger partial charge is 0.294 e. The molecule has 0 spiro atoms. The number of hydrogen-bond donors (Lipinski definition) is 1. The number of carbonyl (C=O) groups excluding carboxylic acids is 3. The lowest BCUT2D eigenvalue weighted by atomic mass is 10.0. The second kappa shape index (κ2) is 9.23. The van der Waals surface area contributed by atoms with Gasteiger partial charge in [-0.05, 0) is 59.8 Å². The number of rotatable bonds is 6. The van der Waals surface area contributed by atoms with E-state index in [0.29, 0.717) is 17.9 Å². The Kier molecular flexibility index (Phi) is 6.23. The standard InChI is InChI=1S/C24H19FN2O4S/c1-2-31-20-11-10-15-6-3-4-9-18(15)19(20)13-21-23(29)27(24(30)32-21)14-22(28)26-17-8-5-7-16(25)12-17/h3-13H,2,14H2,1H3,(H,26,28)/b21-13+. The fourth-order valence-corrected chi connectivity index (χ4v) is 4.20. The van der Waals surface area contributed by atoms with Gasteiger partial charge in [-0.1, -0.05) is 36.4 Å². The van der Waals surface area contributed by atoms with E-state index in [9.17, 15) is 18.8 Å². The number of hydrogen-bond acceptors (Lipinski definition) is 5. The van der Waals surface area contributed by atoms with Gasteiger partial charge < -0.3 is 10.1 Å². The maximum Gasteiger partial charge on any atom is 0.294 e. The van der Waals surface area contributed by atoms with Gasteiger partial charge in [0.15, 0.2) is 0 Å². The largest absolute Gasteiger partial charge is 0.493 e. The van der Waals surface area contributed by atoms with E-state index in [1.807, 2.05) is 43.3 Å². The Hall–Kier alpha value is -3.65. The lowest BCUT2D eigenvalue weighted by Crippen LogP contribution is -2.36. The molecule has 1 aliphatic heterocycles. The van der Waals surface area contributed by atoms with Crippen molar-refractivity contribution < 1.29 is 23.5 Å². The summed E-state index contributed by atoms with van der Waals surface area (Å²) in [7, 11) is 0. The molecular weight excluding hydrogens is 431 g/mol. The third-order valence-electron chi connectivity index (χ3n) is 4.79. The van der Waals surface area contributed by atoms with Gasteiger partial charge in [-0.2, -0.15) is 0 Å². The second-order valence-electron chi connectivity index (χ2n) is 6.96. The molecule has 1 saturated heterocycles. The number of nitrogens with zero attached hydrogens (tertiary/aromatic N) is 1. The molecule has 0 atom stereocenters. The summed E-state index contributed by atoms with van der Waals surface area (Å²) in [6.07, 6.45) is 1.63. The van der Waals surface area contributed by atoms with Crippen LogP contribution in [0, 0.1) is 5.82 Å². The summed E-state index contributed by atoms with van der Waals surface area (Å²) in [4.78, 5) is 38.8. The van der Waals surface area contributed by atoms with Crippen molar-refractivity contribution in [1.82, 2.24) is 4.90 Å². The normalized spacial score (nSPS) is 14.9. The minimum Gasteiger partial charge on any atom is -0.493 e. The van der Waals surface area contributed by atoms with Crippen molar-refractivity contribution in [2.45, 2.75) is 6.92 Å². The number of halogens is 1. The molecule has 0 saturated carbocycles. The molecular formula is C24H19FN2O4S. The molecule has 8 heteroatoms. The monoisotopic (exact) mass is 450 g/mol. The van der Waals surface area contributed by atoms with Crippen molar-refractivity contribution in [3.05, 3.63) is 76.9 Å². The molecule has 0 aromatic heterocycles. The first-order valence-corrected chi connectivity index (χ1v) is 10.7. The summed E-state index contributed by atoms with van der Waals surface area (Å²) >= 11 is 0.766. The van der Waals surface area contributed by atoms with E-state index >= 15 is 0 Å². The zero-order valence-electron chi connectivity index (χ0n) is 17.1. The summed E-state index contributed by atoms with van der Waals surface area (Å²) in [6, 6.07) is 16.8. The molecule has 3 aromatic rings. The highest BCUT2D eigenvalue weighted by molar-refractivity contribution is 8.18. The van der Waals surface area contributed by atoms with E-state index in [-0.39, 0.29) is 10.6 Å². The molecule has 1 N–H and O–H groups in total. The predicted octanol–water partition coefficient (Wildman–Crippen LogP) is 5.05. The maximum absolute atomic E-state index is 13.3. The zero-order valence-corrected chi connectivity index (χ0v) is 17.9. The van der Waals surface area contributed by atoms with Gasteiger partial charge in [0, 0.05) is 11.3 Å².